The number of hydrogen-bond donors (Lipinski definition) is 0. The fourth-order valence-corrected chi connectivity index (χ4v) is 8.41. The molecule has 0 fully saturated rings. The summed E-state index contributed by atoms with van der Waals surface area (Å²) in [6, 6.07) is 0. The molecule has 0 aromatic carbocycles. The average Bonchev–Trinajstić information content (AvgIpc) is 3.34. The second kappa shape index (κ2) is 56.7. The van der Waals surface area contributed by atoms with Gasteiger partial charge < -0.3 is 14.2 Å². The first-order valence-corrected chi connectivity index (χ1v) is 29.3. The van der Waals surface area contributed by atoms with Gasteiger partial charge in [0.25, 0.3) is 0 Å². The normalized spacial score (nSPS) is 12.5. The van der Waals surface area contributed by atoms with E-state index in [-0.39, 0.29) is 31.1 Å². The van der Waals surface area contributed by atoms with Crippen LogP contribution in [-0.2, 0) is 28.6 Å². The van der Waals surface area contributed by atoms with Crippen molar-refractivity contribution >= 4 is 17.9 Å². The average molecular weight is 952 g/mol. The van der Waals surface area contributed by atoms with Gasteiger partial charge in [0.1, 0.15) is 13.2 Å². The summed E-state index contributed by atoms with van der Waals surface area (Å²) in [4.78, 5) is 38.1. The minimum absolute atomic E-state index is 0.0808. The Morgan fingerprint density at radius 1 is 0.309 bits per heavy atom. The van der Waals surface area contributed by atoms with E-state index < -0.39 is 6.10 Å². The molecule has 68 heavy (non-hydrogen) atoms. The van der Waals surface area contributed by atoms with Gasteiger partial charge in [-0.2, -0.15) is 0 Å². The van der Waals surface area contributed by atoms with Gasteiger partial charge in [-0.3, -0.25) is 14.4 Å². The third kappa shape index (κ3) is 54.1. The third-order valence-corrected chi connectivity index (χ3v) is 12.8. The zero-order valence-corrected chi connectivity index (χ0v) is 45.1. The van der Waals surface area contributed by atoms with E-state index in [4.69, 9.17) is 14.2 Å². The first kappa shape index (κ1) is 65.1. The Balaban J connectivity index is 4.37. The second-order valence-corrected chi connectivity index (χ2v) is 19.5. The number of unbranched alkanes of at least 4 members (excludes halogenated alkanes) is 32. The van der Waals surface area contributed by atoms with Gasteiger partial charge in [-0.15, -0.1) is 0 Å². The molecule has 0 saturated heterocycles. The Kier molecular flexibility index (Phi) is 54.3. The van der Waals surface area contributed by atoms with Crippen molar-refractivity contribution in [2.75, 3.05) is 13.2 Å². The molecule has 0 N–H and O–H groups in total. The maximum atomic E-state index is 12.9. The quantitative estimate of drug-likeness (QED) is 0.0262. The maximum absolute atomic E-state index is 12.9. The largest absolute Gasteiger partial charge is 0.462 e. The molecular weight excluding hydrogens is 841 g/mol. The SMILES string of the molecule is CC/C=C\C/C=C\C/C=C\C/C=C\C/C=C\CCCCCC(=O)OCC(COC(=O)CCCCCCCCCCCCCC)OC(=O)CCCCCCCCCCCCCCCCCCCCC. The van der Waals surface area contributed by atoms with Crippen molar-refractivity contribution in [3.05, 3.63) is 60.8 Å². The molecule has 0 bridgehead atoms. The van der Waals surface area contributed by atoms with E-state index in [1.54, 1.807) is 0 Å². The Hall–Kier alpha value is -2.89. The molecule has 1 unspecified atom stereocenters. The van der Waals surface area contributed by atoms with Gasteiger partial charge in [0, 0.05) is 19.3 Å². The molecule has 0 radical (unpaired) electrons. The zero-order valence-electron chi connectivity index (χ0n) is 45.1. The molecule has 0 rings (SSSR count). The van der Waals surface area contributed by atoms with Crippen LogP contribution < -0.4 is 0 Å². The van der Waals surface area contributed by atoms with Gasteiger partial charge in [0.15, 0.2) is 6.10 Å². The zero-order chi connectivity index (χ0) is 49.3. The topological polar surface area (TPSA) is 78.9 Å². The van der Waals surface area contributed by atoms with Crippen LogP contribution in [0, 0.1) is 0 Å². The minimum Gasteiger partial charge on any atom is -0.462 e. The minimum atomic E-state index is -0.784. The standard InChI is InChI=1S/C62H110O6/c1-4-7-10-13-16-19-22-25-27-29-31-33-35-37-40-43-46-49-52-55-61(64)67-58-59(57-66-60(63)54-51-48-45-42-39-24-21-18-15-12-9-6-3)68-62(65)56-53-50-47-44-41-38-36-34-32-30-28-26-23-20-17-14-11-8-5-2/h7,10,16,19,25,27,31,33,37,40,59H,4-6,8-9,11-15,17-18,20-24,26,28-30,32,34-36,38-39,41-58H2,1-3H3/b10-7-,19-16-,27-25-,33-31-,40-37-. The number of rotatable bonds is 53. The number of ether oxygens (including phenoxy) is 3. The highest BCUT2D eigenvalue weighted by molar-refractivity contribution is 5.71. The number of carbonyl (C=O) groups excluding carboxylic acids is 3. The summed E-state index contributed by atoms with van der Waals surface area (Å²) in [5.74, 6) is -0.900. The Morgan fingerprint density at radius 2 is 0.574 bits per heavy atom. The molecule has 0 aliphatic rings. The van der Waals surface area contributed by atoms with Crippen molar-refractivity contribution in [1.29, 1.82) is 0 Å². The van der Waals surface area contributed by atoms with Crippen molar-refractivity contribution in [3.8, 4) is 0 Å². The summed E-state index contributed by atoms with van der Waals surface area (Å²) in [7, 11) is 0. The highest BCUT2D eigenvalue weighted by atomic mass is 16.6. The summed E-state index contributed by atoms with van der Waals surface area (Å²) in [6.45, 7) is 6.53. The highest BCUT2D eigenvalue weighted by Crippen LogP contribution is 2.17. The summed E-state index contributed by atoms with van der Waals surface area (Å²) in [5, 5.41) is 0. The van der Waals surface area contributed by atoms with Crippen molar-refractivity contribution in [3.63, 3.8) is 0 Å². The lowest BCUT2D eigenvalue weighted by Gasteiger charge is -2.18. The fraction of sp³-hybridized carbons (Fsp3) is 0.790. The molecule has 1 atom stereocenters. The van der Waals surface area contributed by atoms with Crippen LogP contribution in [0.5, 0.6) is 0 Å². The van der Waals surface area contributed by atoms with Gasteiger partial charge in [-0.05, 0) is 64.2 Å². The van der Waals surface area contributed by atoms with E-state index >= 15 is 0 Å². The second-order valence-electron chi connectivity index (χ2n) is 19.5. The van der Waals surface area contributed by atoms with Crippen LogP contribution in [0.1, 0.15) is 297 Å². The first-order chi connectivity index (χ1) is 33.5. The first-order valence-electron chi connectivity index (χ1n) is 29.3. The van der Waals surface area contributed by atoms with Gasteiger partial charge in [-0.25, -0.2) is 0 Å². The smallest absolute Gasteiger partial charge is 0.306 e. The highest BCUT2D eigenvalue weighted by Gasteiger charge is 2.19. The van der Waals surface area contributed by atoms with Crippen LogP contribution in [0.4, 0.5) is 0 Å². The number of carbonyl (C=O) groups is 3. The molecule has 0 aliphatic heterocycles. The monoisotopic (exact) mass is 951 g/mol. The van der Waals surface area contributed by atoms with E-state index in [2.05, 4.69) is 81.5 Å². The van der Waals surface area contributed by atoms with Crippen LogP contribution >= 0.6 is 0 Å². The van der Waals surface area contributed by atoms with Gasteiger partial charge >= 0.3 is 17.9 Å². The summed E-state index contributed by atoms with van der Waals surface area (Å²) in [5.41, 5.74) is 0. The lowest BCUT2D eigenvalue weighted by atomic mass is 10.0. The number of hydrogen-bond acceptors (Lipinski definition) is 6. The lowest BCUT2D eigenvalue weighted by molar-refractivity contribution is -0.167. The van der Waals surface area contributed by atoms with Crippen LogP contribution in [0.15, 0.2) is 60.8 Å². The molecule has 0 spiro atoms. The molecule has 394 valence electrons. The molecule has 6 nitrogen and oxygen atoms in total. The van der Waals surface area contributed by atoms with Crippen molar-refractivity contribution < 1.29 is 28.6 Å². The number of allylic oxidation sites excluding steroid dienone is 10. The molecule has 0 saturated carbocycles. The molecule has 0 aliphatic carbocycles. The van der Waals surface area contributed by atoms with Crippen LogP contribution in [-0.4, -0.2) is 37.2 Å². The van der Waals surface area contributed by atoms with Gasteiger partial charge in [0.05, 0.1) is 0 Å². The van der Waals surface area contributed by atoms with E-state index in [0.717, 1.165) is 96.3 Å². The lowest BCUT2D eigenvalue weighted by Crippen LogP contribution is -2.30. The maximum Gasteiger partial charge on any atom is 0.306 e. The Bertz CT molecular complexity index is 1230. The predicted octanol–water partition coefficient (Wildman–Crippen LogP) is 19.6. The van der Waals surface area contributed by atoms with Crippen molar-refractivity contribution in [2.24, 2.45) is 0 Å². The molecule has 0 heterocycles. The summed E-state index contributed by atoms with van der Waals surface area (Å²) < 4.78 is 16.9. The summed E-state index contributed by atoms with van der Waals surface area (Å²) in [6.07, 6.45) is 70.7. The van der Waals surface area contributed by atoms with Crippen LogP contribution in [0.3, 0.4) is 0 Å². The number of esters is 3. The van der Waals surface area contributed by atoms with Gasteiger partial charge in [-0.1, -0.05) is 274 Å². The van der Waals surface area contributed by atoms with Crippen molar-refractivity contribution in [1.82, 2.24) is 0 Å². The molecule has 6 heteroatoms. The Labute approximate surface area is 421 Å². The van der Waals surface area contributed by atoms with E-state index in [0.29, 0.717) is 19.3 Å². The molecule has 0 aromatic rings. The summed E-state index contributed by atoms with van der Waals surface area (Å²) >= 11 is 0. The van der Waals surface area contributed by atoms with E-state index in [1.165, 1.54) is 161 Å². The predicted molar refractivity (Wildman–Crippen MR) is 293 cm³/mol. The fourth-order valence-electron chi connectivity index (χ4n) is 8.41. The van der Waals surface area contributed by atoms with Crippen molar-refractivity contribution in [2.45, 2.75) is 303 Å². The van der Waals surface area contributed by atoms with E-state index in [9.17, 15) is 14.4 Å². The van der Waals surface area contributed by atoms with Crippen LogP contribution in [0.2, 0.25) is 0 Å². The Morgan fingerprint density at radius 3 is 0.897 bits per heavy atom. The van der Waals surface area contributed by atoms with Gasteiger partial charge in [0.2, 0.25) is 0 Å². The van der Waals surface area contributed by atoms with E-state index in [1.807, 2.05) is 0 Å². The molecular formula is C62H110O6. The molecule has 0 amide bonds. The third-order valence-electron chi connectivity index (χ3n) is 12.8. The van der Waals surface area contributed by atoms with Crippen LogP contribution in [0.25, 0.3) is 0 Å². The molecule has 0 aromatic heterocycles.